The zero-order chi connectivity index (χ0) is 18.8. The van der Waals surface area contributed by atoms with Crippen LogP contribution < -0.4 is 5.32 Å². The van der Waals surface area contributed by atoms with Crippen LogP contribution >= 0.6 is 12.4 Å². The van der Waals surface area contributed by atoms with E-state index in [1.807, 2.05) is 4.90 Å². The highest BCUT2D eigenvalue weighted by Crippen LogP contribution is 2.38. The van der Waals surface area contributed by atoms with Gasteiger partial charge in [0.05, 0.1) is 12.6 Å². The lowest BCUT2D eigenvalue weighted by atomic mass is 10.0. The van der Waals surface area contributed by atoms with E-state index >= 15 is 0 Å². The molecular formula is C20H32ClN5O2. The van der Waals surface area contributed by atoms with Crippen molar-refractivity contribution in [2.45, 2.75) is 57.0 Å². The molecule has 3 atom stereocenters. The lowest BCUT2D eigenvalue weighted by molar-refractivity contribution is -0.130. The van der Waals surface area contributed by atoms with Crippen LogP contribution in [0.1, 0.15) is 44.9 Å². The van der Waals surface area contributed by atoms with Gasteiger partial charge >= 0.3 is 6.03 Å². The van der Waals surface area contributed by atoms with Crippen LogP contribution in [-0.4, -0.2) is 78.0 Å². The van der Waals surface area contributed by atoms with Gasteiger partial charge in [-0.3, -0.25) is 4.79 Å². The summed E-state index contributed by atoms with van der Waals surface area (Å²) >= 11 is 0. The summed E-state index contributed by atoms with van der Waals surface area (Å²) < 4.78 is 0. The van der Waals surface area contributed by atoms with E-state index in [1.165, 1.54) is 6.42 Å². The smallest absolute Gasteiger partial charge is 0.320 e. The number of nitriles is 1. The zero-order valence-corrected chi connectivity index (χ0v) is 17.3. The van der Waals surface area contributed by atoms with Gasteiger partial charge in [-0.1, -0.05) is 0 Å². The zero-order valence-electron chi connectivity index (χ0n) is 16.5. The predicted molar refractivity (Wildman–Crippen MR) is 108 cm³/mol. The minimum atomic E-state index is -0.239. The Kier molecular flexibility index (Phi) is 7.05. The molecule has 0 bridgehead atoms. The molecule has 8 heteroatoms. The van der Waals surface area contributed by atoms with Gasteiger partial charge in [-0.25, -0.2) is 4.79 Å². The van der Waals surface area contributed by atoms with Crippen LogP contribution in [0.2, 0.25) is 0 Å². The van der Waals surface area contributed by atoms with E-state index in [9.17, 15) is 9.59 Å². The standard InChI is InChI=1S/C20H31N5O2.ClH/c21-11-18-5-4-8-25(18)19(26)12-22-17-9-15-13-24(14-16(15)10-17)20(27)23-6-2-1-3-7-23;/h15-18,22H,1-10,12-14H2;1H/t15?,16?,17?,18-;/m0./s1. The van der Waals surface area contributed by atoms with Crippen molar-refractivity contribution in [3.63, 3.8) is 0 Å². The highest BCUT2D eigenvalue weighted by molar-refractivity contribution is 5.85. The number of halogens is 1. The molecule has 2 unspecified atom stereocenters. The normalized spacial score (nSPS) is 32.0. The number of carbonyl (C=O) groups excluding carboxylic acids is 2. The predicted octanol–water partition coefficient (Wildman–Crippen LogP) is 1.83. The molecule has 1 aliphatic carbocycles. The summed E-state index contributed by atoms with van der Waals surface area (Å²) in [5.74, 6) is 1.17. The lowest BCUT2D eigenvalue weighted by Gasteiger charge is -2.31. The van der Waals surface area contributed by atoms with Gasteiger partial charge in [0.25, 0.3) is 0 Å². The fourth-order valence-electron chi connectivity index (χ4n) is 5.44. The molecule has 4 fully saturated rings. The van der Waals surface area contributed by atoms with Gasteiger partial charge in [-0.2, -0.15) is 5.26 Å². The van der Waals surface area contributed by atoms with E-state index in [2.05, 4.69) is 16.3 Å². The second-order valence-corrected chi connectivity index (χ2v) is 8.68. The van der Waals surface area contributed by atoms with Crippen molar-refractivity contribution < 1.29 is 9.59 Å². The van der Waals surface area contributed by atoms with Crippen molar-refractivity contribution in [2.24, 2.45) is 11.8 Å². The highest BCUT2D eigenvalue weighted by Gasteiger charge is 2.43. The summed E-state index contributed by atoms with van der Waals surface area (Å²) in [6.45, 7) is 4.61. The molecule has 7 nitrogen and oxygen atoms in total. The molecule has 3 saturated heterocycles. The Labute approximate surface area is 173 Å². The molecule has 0 aromatic rings. The van der Waals surface area contributed by atoms with Crippen LogP contribution in [0.5, 0.6) is 0 Å². The maximum Gasteiger partial charge on any atom is 0.320 e. The molecule has 0 spiro atoms. The molecule has 28 heavy (non-hydrogen) atoms. The third kappa shape index (κ3) is 4.38. The minimum Gasteiger partial charge on any atom is -0.326 e. The minimum absolute atomic E-state index is 0. The maximum absolute atomic E-state index is 12.7. The quantitative estimate of drug-likeness (QED) is 0.771. The molecule has 3 aliphatic heterocycles. The first-order chi connectivity index (χ1) is 13.2. The van der Waals surface area contributed by atoms with Crippen LogP contribution in [0.25, 0.3) is 0 Å². The van der Waals surface area contributed by atoms with E-state index < -0.39 is 0 Å². The average molecular weight is 410 g/mol. The Morgan fingerprint density at radius 2 is 1.64 bits per heavy atom. The molecule has 156 valence electrons. The van der Waals surface area contributed by atoms with Crippen LogP contribution in [-0.2, 0) is 4.79 Å². The van der Waals surface area contributed by atoms with E-state index in [1.54, 1.807) is 4.90 Å². The van der Waals surface area contributed by atoms with E-state index in [-0.39, 0.29) is 30.4 Å². The van der Waals surface area contributed by atoms with E-state index in [0.717, 1.165) is 64.7 Å². The van der Waals surface area contributed by atoms with Crippen molar-refractivity contribution in [1.82, 2.24) is 20.0 Å². The molecule has 0 aromatic carbocycles. The van der Waals surface area contributed by atoms with Gasteiger partial charge in [0.1, 0.15) is 6.04 Å². The first kappa shape index (κ1) is 21.2. The van der Waals surface area contributed by atoms with Crippen molar-refractivity contribution in [2.75, 3.05) is 39.3 Å². The van der Waals surface area contributed by atoms with Crippen LogP contribution in [0.3, 0.4) is 0 Å². The number of fused-ring (bicyclic) bond motifs is 1. The number of nitrogens with zero attached hydrogens (tertiary/aromatic N) is 4. The van der Waals surface area contributed by atoms with Crippen molar-refractivity contribution in [3.8, 4) is 6.07 Å². The first-order valence-corrected chi connectivity index (χ1v) is 10.6. The van der Waals surface area contributed by atoms with Crippen LogP contribution in [0, 0.1) is 23.2 Å². The van der Waals surface area contributed by atoms with Gasteiger partial charge in [0, 0.05) is 38.8 Å². The van der Waals surface area contributed by atoms with E-state index in [0.29, 0.717) is 31.0 Å². The molecule has 0 radical (unpaired) electrons. The van der Waals surface area contributed by atoms with E-state index in [4.69, 9.17) is 5.26 Å². The van der Waals surface area contributed by atoms with Crippen LogP contribution in [0.15, 0.2) is 0 Å². The summed E-state index contributed by atoms with van der Waals surface area (Å²) in [7, 11) is 0. The number of likely N-dealkylation sites (tertiary alicyclic amines) is 3. The van der Waals surface area contributed by atoms with Crippen LogP contribution in [0.4, 0.5) is 4.79 Å². The number of amides is 3. The summed E-state index contributed by atoms with van der Waals surface area (Å²) in [6, 6.07) is 2.59. The first-order valence-electron chi connectivity index (χ1n) is 10.6. The Bertz CT molecular complexity index is 604. The van der Waals surface area contributed by atoms with Gasteiger partial charge in [-0.15, -0.1) is 12.4 Å². The number of rotatable bonds is 3. The molecule has 1 N–H and O–H groups in total. The second-order valence-electron chi connectivity index (χ2n) is 8.68. The largest absolute Gasteiger partial charge is 0.326 e. The highest BCUT2D eigenvalue weighted by atomic mass is 35.5. The fourth-order valence-corrected chi connectivity index (χ4v) is 5.44. The Morgan fingerprint density at radius 3 is 2.29 bits per heavy atom. The maximum atomic E-state index is 12.7. The fraction of sp³-hybridized carbons (Fsp3) is 0.850. The molecule has 3 heterocycles. The van der Waals surface area contributed by atoms with Gasteiger partial charge < -0.3 is 20.0 Å². The number of nitrogens with one attached hydrogen (secondary N) is 1. The average Bonchev–Trinajstić information content (AvgIpc) is 3.40. The Balaban J connectivity index is 0.00000225. The van der Waals surface area contributed by atoms with Crippen molar-refractivity contribution in [1.29, 1.82) is 5.26 Å². The summed E-state index contributed by atoms with van der Waals surface area (Å²) in [5.41, 5.74) is 0. The third-order valence-electron chi connectivity index (χ3n) is 6.91. The molecule has 1 saturated carbocycles. The molecule has 4 aliphatic rings. The third-order valence-corrected chi connectivity index (χ3v) is 6.91. The number of hydrogen-bond acceptors (Lipinski definition) is 4. The number of piperidine rings is 1. The number of carbonyl (C=O) groups is 2. The van der Waals surface area contributed by atoms with Crippen molar-refractivity contribution >= 4 is 24.3 Å². The Hall–Kier alpha value is -1.52. The molecule has 3 amide bonds. The SMILES string of the molecule is Cl.N#C[C@@H]1CCCN1C(=O)CNC1CC2CN(C(=O)N3CCCCC3)CC2C1. The molecule has 0 aromatic heterocycles. The van der Waals surface area contributed by atoms with Crippen molar-refractivity contribution in [3.05, 3.63) is 0 Å². The van der Waals surface area contributed by atoms with Gasteiger partial charge in [-0.05, 0) is 56.8 Å². The number of urea groups is 1. The summed E-state index contributed by atoms with van der Waals surface area (Å²) in [5, 5.41) is 12.6. The number of hydrogen-bond donors (Lipinski definition) is 1. The molecule has 4 rings (SSSR count). The summed E-state index contributed by atoms with van der Waals surface area (Å²) in [6.07, 6.45) is 7.34. The summed E-state index contributed by atoms with van der Waals surface area (Å²) in [4.78, 5) is 30.9. The molecular weight excluding hydrogens is 378 g/mol. The topological polar surface area (TPSA) is 79.7 Å². The lowest BCUT2D eigenvalue weighted by Crippen LogP contribution is -2.45. The monoisotopic (exact) mass is 409 g/mol. The van der Waals surface area contributed by atoms with Gasteiger partial charge in [0.2, 0.25) is 5.91 Å². The van der Waals surface area contributed by atoms with Gasteiger partial charge in [0.15, 0.2) is 0 Å². The Morgan fingerprint density at radius 1 is 0.964 bits per heavy atom. The second kappa shape index (κ2) is 9.32.